The first-order valence-corrected chi connectivity index (χ1v) is 10.1. The van der Waals surface area contributed by atoms with Crippen molar-refractivity contribution in [3.8, 4) is 5.75 Å². The summed E-state index contributed by atoms with van der Waals surface area (Å²) in [5.41, 5.74) is 0.989. The van der Waals surface area contributed by atoms with Crippen LogP contribution in [0.15, 0.2) is 30.6 Å². The van der Waals surface area contributed by atoms with Crippen LogP contribution in [-0.4, -0.2) is 69.5 Å². The molecule has 8 heteroatoms. The number of piperidine rings is 1. The Kier molecular flexibility index (Phi) is 5.82. The molecule has 4 rings (SSSR count). The summed E-state index contributed by atoms with van der Waals surface area (Å²) in [5.74, 6) is -1.25. The van der Waals surface area contributed by atoms with Crippen LogP contribution in [0.25, 0.3) is 0 Å². The highest BCUT2D eigenvalue weighted by Gasteiger charge is 2.39. The van der Waals surface area contributed by atoms with E-state index in [0.29, 0.717) is 13.2 Å². The van der Waals surface area contributed by atoms with Crippen LogP contribution in [0.2, 0.25) is 0 Å². The highest BCUT2D eigenvalue weighted by Crippen LogP contribution is 2.33. The van der Waals surface area contributed by atoms with Gasteiger partial charge in [0, 0.05) is 38.0 Å². The van der Waals surface area contributed by atoms with Gasteiger partial charge >= 0.3 is 0 Å². The second kappa shape index (κ2) is 8.51. The van der Waals surface area contributed by atoms with Gasteiger partial charge in [-0.15, -0.1) is 0 Å². The number of amides is 1. The van der Waals surface area contributed by atoms with Crippen LogP contribution < -0.4 is 0 Å². The van der Waals surface area contributed by atoms with Crippen LogP contribution >= 0.6 is 0 Å². The van der Waals surface area contributed by atoms with Crippen molar-refractivity contribution in [3.63, 3.8) is 0 Å². The second-order valence-electron chi connectivity index (χ2n) is 7.82. The molecule has 2 aromatic rings. The van der Waals surface area contributed by atoms with E-state index in [4.69, 9.17) is 4.74 Å². The van der Waals surface area contributed by atoms with Gasteiger partial charge in [-0.1, -0.05) is 6.42 Å². The number of nitrogens with zero attached hydrogens (tertiary/aromatic N) is 4. The molecule has 2 saturated heterocycles. The molecule has 0 bridgehead atoms. The third-order valence-corrected chi connectivity index (χ3v) is 5.76. The van der Waals surface area contributed by atoms with Gasteiger partial charge in [0.05, 0.1) is 30.5 Å². The number of phenolic OH excluding ortho intramolecular Hbond substituents is 1. The van der Waals surface area contributed by atoms with Crippen LogP contribution in [0.4, 0.5) is 4.39 Å². The third kappa shape index (κ3) is 4.28. The summed E-state index contributed by atoms with van der Waals surface area (Å²) in [6.07, 6.45) is 7.06. The Balaban J connectivity index is 1.64. The molecule has 1 N–H and O–H groups in total. The molecule has 29 heavy (non-hydrogen) atoms. The molecule has 1 aromatic heterocycles. The van der Waals surface area contributed by atoms with E-state index < -0.39 is 5.82 Å². The van der Waals surface area contributed by atoms with Crippen molar-refractivity contribution in [3.05, 3.63) is 47.5 Å². The van der Waals surface area contributed by atoms with E-state index in [2.05, 4.69) is 10.00 Å². The van der Waals surface area contributed by atoms with Crippen LogP contribution in [-0.2, 0) is 11.8 Å². The van der Waals surface area contributed by atoms with E-state index in [1.54, 1.807) is 15.8 Å². The molecule has 1 amide bonds. The maximum atomic E-state index is 13.4. The quantitative estimate of drug-likeness (QED) is 0.850. The summed E-state index contributed by atoms with van der Waals surface area (Å²) in [6.45, 7) is 3.62. The minimum atomic E-state index is -0.576. The van der Waals surface area contributed by atoms with E-state index in [1.165, 1.54) is 31.4 Å². The lowest BCUT2D eigenvalue weighted by Crippen LogP contribution is -2.52. The number of likely N-dealkylation sites (tertiary alicyclic amines) is 1. The fraction of sp³-hybridized carbons (Fsp3) is 0.524. The Morgan fingerprint density at radius 3 is 2.76 bits per heavy atom. The summed E-state index contributed by atoms with van der Waals surface area (Å²) in [4.78, 5) is 17.4. The van der Waals surface area contributed by atoms with Crippen LogP contribution in [0, 0.1) is 5.82 Å². The first-order valence-electron chi connectivity index (χ1n) is 10.1. The van der Waals surface area contributed by atoms with Crippen molar-refractivity contribution in [2.75, 3.05) is 32.8 Å². The fourth-order valence-corrected chi connectivity index (χ4v) is 4.34. The number of aromatic nitrogens is 2. The zero-order chi connectivity index (χ0) is 20.4. The van der Waals surface area contributed by atoms with Crippen LogP contribution in [0.5, 0.6) is 5.75 Å². The van der Waals surface area contributed by atoms with Crippen molar-refractivity contribution < 1.29 is 19.0 Å². The van der Waals surface area contributed by atoms with E-state index in [0.717, 1.165) is 31.3 Å². The SMILES string of the molecule is Cn1cc([C@H]2[C@H](CN3CCCCC3)OCCN2C(=O)c2ccc(F)cc2O)cn1. The summed E-state index contributed by atoms with van der Waals surface area (Å²) in [6, 6.07) is 3.18. The first kappa shape index (κ1) is 19.8. The van der Waals surface area contributed by atoms with Gasteiger partial charge in [0.15, 0.2) is 0 Å². The Bertz CT molecular complexity index is 865. The standard InChI is InChI=1S/C21H27FN4O3/c1-24-13-15(12-23-24)20-19(14-25-7-3-2-4-8-25)29-10-9-26(20)21(28)17-6-5-16(22)11-18(17)27/h5-6,11-13,19-20,27H,2-4,7-10,14H2,1H3/t19-,20-/m0/s1. The molecule has 0 aliphatic carbocycles. The molecule has 0 saturated carbocycles. The number of carbonyl (C=O) groups is 1. The van der Waals surface area contributed by atoms with E-state index in [-0.39, 0.29) is 29.4 Å². The number of halogens is 1. The number of hydrogen-bond acceptors (Lipinski definition) is 5. The largest absolute Gasteiger partial charge is 0.507 e. The number of benzene rings is 1. The van der Waals surface area contributed by atoms with Gasteiger partial charge in [0.1, 0.15) is 11.6 Å². The Labute approximate surface area is 169 Å². The Hall–Kier alpha value is -2.45. The monoisotopic (exact) mass is 402 g/mol. The number of aryl methyl sites for hydroxylation is 1. The first-order chi connectivity index (χ1) is 14.0. The average Bonchev–Trinajstić information content (AvgIpc) is 3.14. The number of phenols is 1. The zero-order valence-corrected chi connectivity index (χ0v) is 16.6. The molecule has 2 fully saturated rings. The van der Waals surface area contributed by atoms with Gasteiger partial charge in [-0.3, -0.25) is 9.48 Å². The fourth-order valence-electron chi connectivity index (χ4n) is 4.34. The molecule has 0 unspecified atom stereocenters. The van der Waals surface area contributed by atoms with Crippen molar-refractivity contribution in [2.24, 2.45) is 7.05 Å². The Morgan fingerprint density at radius 2 is 2.07 bits per heavy atom. The summed E-state index contributed by atoms with van der Waals surface area (Å²) in [7, 11) is 1.84. The minimum Gasteiger partial charge on any atom is -0.507 e. The number of aromatic hydroxyl groups is 1. The summed E-state index contributed by atoms with van der Waals surface area (Å²) in [5, 5.41) is 14.4. The maximum Gasteiger partial charge on any atom is 0.258 e. The van der Waals surface area contributed by atoms with Gasteiger partial charge in [-0.25, -0.2) is 4.39 Å². The van der Waals surface area contributed by atoms with Crippen molar-refractivity contribution in [1.29, 1.82) is 0 Å². The lowest BCUT2D eigenvalue weighted by molar-refractivity contribution is -0.0742. The summed E-state index contributed by atoms with van der Waals surface area (Å²) < 4.78 is 21.2. The van der Waals surface area contributed by atoms with E-state index in [1.807, 2.05) is 13.2 Å². The maximum absolute atomic E-state index is 13.4. The lowest BCUT2D eigenvalue weighted by atomic mass is 9.98. The number of ether oxygens (including phenoxy) is 1. The van der Waals surface area contributed by atoms with Crippen LogP contribution in [0.1, 0.15) is 41.2 Å². The zero-order valence-electron chi connectivity index (χ0n) is 16.6. The highest BCUT2D eigenvalue weighted by molar-refractivity contribution is 5.97. The predicted molar refractivity (Wildman–Crippen MR) is 105 cm³/mol. The number of rotatable bonds is 4. The van der Waals surface area contributed by atoms with Gasteiger partial charge in [0.25, 0.3) is 5.91 Å². The molecule has 3 heterocycles. The second-order valence-corrected chi connectivity index (χ2v) is 7.82. The highest BCUT2D eigenvalue weighted by atomic mass is 19.1. The predicted octanol–water partition coefficient (Wildman–Crippen LogP) is 2.33. The number of carbonyl (C=O) groups excluding carboxylic acids is 1. The smallest absolute Gasteiger partial charge is 0.258 e. The number of morpholine rings is 1. The van der Waals surface area contributed by atoms with Crippen molar-refractivity contribution in [2.45, 2.75) is 31.4 Å². The molecule has 0 radical (unpaired) electrons. The molecule has 0 spiro atoms. The molecule has 156 valence electrons. The van der Waals surface area contributed by atoms with Gasteiger partial charge in [0.2, 0.25) is 0 Å². The molecule has 2 atom stereocenters. The Morgan fingerprint density at radius 1 is 1.28 bits per heavy atom. The van der Waals surface area contributed by atoms with E-state index in [9.17, 15) is 14.3 Å². The van der Waals surface area contributed by atoms with E-state index >= 15 is 0 Å². The minimum absolute atomic E-state index is 0.0962. The molecule has 2 aliphatic rings. The van der Waals surface area contributed by atoms with Crippen molar-refractivity contribution in [1.82, 2.24) is 19.6 Å². The van der Waals surface area contributed by atoms with Gasteiger partial charge < -0.3 is 19.6 Å². The molecular weight excluding hydrogens is 375 g/mol. The topological polar surface area (TPSA) is 70.8 Å². The molecule has 7 nitrogen and oxygen atoms in total. The van der Waals surface area contributed by atoms with Gasteiger partial charge in [-0.05, 0) is 38.1 Å². The lowest BCUT2D eigenvalue weighted by Gasteiger charge is -2.43. The summed E-state index contributed by atoms with van der Waals surface area (Å²) >= 11 is 0. The van der Waals surface area contributed by atoms with Gasteiger partial charge in [-0.2, -0.15) is 5.10 Å². The number of hydrogen-bond donors (Lipinski definition) is 1. The third-order valence-electron chi connectivity index (χ3n) is 5.76. The molecule has 2 aliphatic heterocycles. The van der Waals surface area contributed by atoms with Crippen LogP contribution in [0.3, 0.4) is 0 Å². The average molecular weight is 402 g/mol. The molecule has 1 aromatic carbocycles. The normalized spacial score (nSPS) is 23.3. The van der Waals surface area contributed by atoms with Crippen molar-refractivity contribution >= 4 is 5.91 Å². The molecular formula is C21H27FN4O3.